The molecule has 0 saturated carbocycles. The van der Waals surface area contributed by atoms with Crippen LogP contribution in [0.25, 0.3) is 0 Å². The third-order valence-corrected chi connectivity index (χ3v) is 2.10. The number of isocyanates is 2. The van der Waals surface area contributed by atoms with Gasteiger partial charge in [0.1, 0.15) is 0 Å². The first-order chi connectivity index (χ1) is 8.72. The van der Waals surface area contributed by atoms with Crippen LogP contribution in [0, 0.1) is 0 Å². The van der Waals surface area contributed by atoms with Crippen molar-refractivity contribution in [1.29, 1.82) is 0 Å². The van der Waals surface area contributed by atoms with Gasteiger partial charge in [0.05, 0.1) is 25.8 Å². The van der Waals surface area contributed by atoms with Crippen LogP contribution >= 0.6 is 0 Å². The van der Waals surface area contributed by atoms with Crippen molar-refractivity contribution >= 4 is 12.2 Å². The van der Waals surface area contributed by atoms with Gasteiger partial charge in [-0.3, -0.25) is 0 Å². The van der Waals surface area contributed by atoms with Gasteiger partial charge < -0.3 is 10.2 Å². The van der Waals surface area contributed by atoms with E-state index < -0.39 is 6.10 Å². The lowest BCUT2D eigenvalue weighted by molar-refractivity contribution is 0.0923. The van der Waals surface area contributed by atoms with Crippen molar-refractivity contribution in [2.24, 2.45) is 9.98 Å². The zero-order chi connectivity index (χ0) is 14.1. The number of hydrogen-bond donors (Lipinski definition) is 2. The molecule has 0 amide bonds. The third kappa shape index (κ3) is 20.1. The van der Waals surface area contributed by atoms with Crippen molar-refractivity contribution in [3.05, 3.63) is 0 Å². The van der Waals surface area contributed by atoms with E-state index in [0.29, 0.717) is 19.5 Å². The van der Waals surface area contributed by atoms with Crippen LogP contribution in [0.5, 0.6) is 0 Å². The molecule has 1 atom stereocenters. The van der Waals surface area contributed by atoms with Crippen molar-refractivity contribution in [2.45, 2.75) is 45.1 Å². The summed E-state index contributed by atoms with van der Waals surface area (Å²) < 4.78 is 0. The molecule has 0 spiro atoms. The Morgan fingerprint density at radius 3 is 1.67 bits per heavy atom. The Kier molecular flexibility index (Phi) is 19.1. The predicted molar refractivity (Wildman–Crippen MR) is 67.8 cm³/mol. The molecule has 0 aliphatic heterocycles. The standard InChI is InChI=1S/C8H12N2O2.C4H10O2/c11-7-9-5-3-1-2-4-6-10-8-12;1-2-4(6)3-5/h1-6H2;4-6H,2-3H2,1H3. The topological polar surface area (TPSA) is 99.3 Å². The van der Waals surface area contributed by atoms with E-state index in [9.17, 15) is 9.59 Å². The molecule has 0 saturated heterocycles. The second-order valence-electron chi connectivity index (χ2n) is 3.60. The lowest BCUT2D eigenvalue weighted by Crippen LogP contribution is -2.08. The van der Waals surface area contributed by atoms with E-state index in [0.717, 1.165) is 25.7 Å². The summed E-state index contributed by atoms with van der Waals surface area (Å²) in [6.07, 6.45) is 6.93. The fourth-order valence-electron chi connectivity index (χ4n) is 0.956. The van der Waals surface area contributed by atoms with Crippen LogP contribution in [0.4, 0.5) is 0 Å². The smallest absolute Gasteiger partial charge is 0.234 e. The highest BCUT2D eigenvalue weighted by atomic mass is 16.3. The molecular formula is C12H22N2O4. The Balaban J connectivity index is 0. The van der Waals surface area contributed by atoms with E-state index in [2.05, 4.69) is 9.98 Å². The molecule has 0 aliphatic rings. The van der Waals surface area contributed by atoms with Crippen LogP contribution < -0.4 is 0 Å². The van der Waals surface area contributed by atoms with Crippen molar-refractivity contribution in [3.8, 4) is 0 Å². The normalized spacial score (nSPS) is 10.4. The average Bonchev–Trinajstić information content (AvgIpc) is 2.41. The van der Waals surface area contributed by atoms with Crippen LogP contribution in [0.2, 0.25) is 0 Å². The minimum Gasteiger partial charge on any atom is -0.394 e. The maximum atomic E-state index is 9.63. The molecule has 6 heteroatoms. The van der Waals surface area contributed by atoms with Gasteiger partial charge in [-0.1, -0.05) is 19.8 Å². The van der Waals surface area contributed by atoms with Gasteiger partial charge in [0.2, 0.25) is 12.2 Å². The summed E-state index contributed by atoms with van der Waals surface area (Å²) in [4.78, 5) is 26.1. The zero-order valence-corrected chi connectivity index (χ0v) is 10.8. The molecule has 0 fully saturated rings. The highest BCUT2D eigenvalue weighted by Gasteiger charge is 1.92. The Bertz CT molecular complexity index is 233. The van der Waals surface area contributed by atoms with E-state index in [4.69, 9.17) is 10.2 Å². The Morgan fingerprint density at radius 1 is 1.00 bits per heavy atom. The molecule has 0 aromatic rings. The van der Waals surface area contributed by atoms with Crippen molar-refractivity contribution in [2.75, 3.05) is 19.7 Å². The average molecular weight is 258 g/mol. The largest absolute Gasteiger partial charge is 0.394 e. The second-order valence-corrected chi connectivity index (χ2v) is 3.60. The summed E-state index contributed by atoms with van der Waals surface area (Å²) in [6, 6.07) is 0. The third-order valence-electron chi connectivity index (χ3n) is 2.10. The highest BCUT2D eigenvalue weighted by molar-refractivity contribution is 5.32. The minimum absolute atomic E-state index is 0.115. The van der Waals surface area contributed by atoms with E-state index in [1.807, 2.05) is 6.92 Å². The molecule has 0 aromatic carbocycles. The molecule has 0 radical (unpaired) electrons. The van der Waals surface area contributed by atoms with E-state index in [1.54, 1.807) is 0 Å². The van der Waals surface area contributed by atoms with Crippen LogP contribution in [0.3, 0.4) is 0 Å². The fourth-order valence-corrected chi connectivity index (χ4v) is 0.956. The summed E-state index contributed by atoms with van der Waals surface area (Å²) in [7, 11) is 0. The second kappa shape index (κ2) is 18.1. The molecule has 0 heterocycles. The van der Waals surface area contributed by atoms with Gasteiger partial charge in [-0.25, -0.2) is 19.6 Å². The Hall–Kier alpha value is -1.32. The molecule has 18 heavy (non-hydrogen) atoms. The van der Waals surface area contributed by atoms with Crippen LogP contribution in [0.1, 0.15) is 39.0 Å². The number of carbonyl (C=O) groups excluding carboxylic acids is 2. The van der Waals surface area contributed by atoms with Crippen molar-refractivity contribution < 1.29 is 19.8 Å². The van der Waals surface area contributed by atoms with Crippen molar-refractivity contribution in [3.63, 3.8) is 0 Å². The summed E-state index contributed by atoms with van der Waals surface area (Å²) >= 11 is 0. The van der Waals surface area contributed by atoms with Gasteiger partial charge in [0.15, 0.2) is 0 Å². The number of unbranched alkanes of at least 4 members (excludes halogenated alkanes) is 3. The lowest BCUT2D eigenvalue weighted by Gasteiger charge is -1.97. The fraction of sp³-hybridized carbons (Fsp3) is 0.833. The molecule has 0 bridgehead atoms. The molecule has 0 aromatic heterocycles. The van der Waals surface area contributed by atoms with Gasteiger partial charge in [-0.2, -0.15) is 0 Å². The number of nitrogens with zero attached hydrogens (tertiary/aromatic N) is 2. The number of rotatable bonds is 9. The molecule has 1 unspecified atom stereocenters. The SMILES string of the molecule is CCC(O)CO.O=C=NCCCCCCN=C=O. The van der Waals surface area contributed by atoms with Gasteiger partial charge in [-0.15, -0.1) is 0 Å². The van der Waals surface area contributed by atoms with Gasteiger partial charge >= 0.3 is 0 Å². The first-order valence-electron chi connectivity index (χ1n) is 6.09. The van der Waals surface area contributed by atoms with Crippen LogP contribution in [-0.4, -0.2) is 48.2 Å². The van der Waals surface area contributed by atoms with Crippen LogP contribution in [-0.2, 0) is 9.59 Å². The molecule has 0 rings (SSSR count). The maximum Gasteiger partial charge on any atom is 0.234 e. The van der Waals surface area contributed by atoms with E-state index in [1.165, 1.54) is 12.2 Å². The lowest BCUT2D eigenvalue weighted by atomic mass is 10.2. The zero-order valence-electron chi connectivity index (χ0n) is 10.8. The first kappa shape index (κ1) is 19.0. The van der Waals surface area contributed by atoms with E-state index in [-0.39, 0.29) is 6.61 Å². The van der Waals surface area contributed by atoms with Crippen LogP contribution in [0.15, 0.2) is 9.98 Å². The van der Waals surface area contributed by atoms with Crippen molar-refractivity contribution in [1.82, 2.24) is 0 Å². The molecule has 6 nitrogen and oxygen atoms in total. The number of hydrogen-bond acceptors (Lipinski definition) is 6. The van der Waals surface area contributed by atoms with E-state index >= 15 is 0 Å². The predicted octanol–water partition coefficient (Wildman–Crippen LogP) is 0.968. The Morgan fingerprint density at radius 2 is 1.44 bits per heavy atom. The summed E-state index contributed by atoms with van der Waals surface area (Å²) in [5, 5.41) is 16.5. The highest BCUT2D eigenvalue weighted by Crippen LogP contribution is 1.99. The number of aliphatic hydroxyl groups excluding tert-OH is 2. The molecule has 2 N–H and O–H groups in total. The monoisotopic (exact) mass is 258 g/mol. The summed E-state index contributed by atoms with van der Waals surface area (Å²) in [5.74, 6) is 0. The summed E-state index contributed by atoms with van der Waals surface area (Å²) in [5.41, 5.74) is 0. The van der Waals surface area contributed by atoms with Gasteiger partial charge in [0.25, 0.3) is 0 Å². The molecular weight excluding hydrogens is 236 g/mol. The number of aliphatic imine (C=N–C) groups is 2. The minimum atomic E-state index is -0.509. The molecule has 104 valence electrons. The first-order valence-corrected chi connectivity index (χ1v) is 6.09. The molecule has 0 aliphatic carbocycles. The Labute approximate surface area is 107 Å². The quantitative estimate of drug-likeness (QED) is 0.365. The van der Waals surface area contributed by atoms with Gasteiger partial charge in [-0.05, 0) is 19.3 Å². The number of aliphatic hydroxyl groups is 2. The van der Waals surface area contributed by atoms with Gasteiger partial charge in [0, 0.05) is 0 Å². The summed E-state index contributed by atoms with van der Waals surface area (Å²) in [6.45, 7) is 2.82. The maximum absolute atomic E-state index is 9.63.